The van der Waals surface area contributed by atoms with E-state index in [4.69, 9.17) is 4.74 Å². The molecule has 1 fully saturated rings. The third kappa shape index (κ3) is 4.00. The number of nitrogens with zero attached hydrogens (tertiary/aromatic N) is 2. The van der Waals surface area contributed by atoms with Crippen molar-refractivity contribution in [1.29, 1.82) is 5.26 Å². The van der Waals surface area contributed by atoms with E-state index >= 15 is 0 Å². The molecular weight excluding hydrogens is 346 g/mol. The van der Waals surface area contributed by atoms with Crippen LogP contribution in [0.4, 0.5) is 0 Å². The summed E-state index contributed by atoms with van der Waals surface area (Å²) in [6, 6.07) is 11.7. The number of amides is 1. The predicted octanol–water partition coefficient (Wildman–Crippen LogP) is 3.53. The van der Waals surface area contributed by atoms with Crippen LogP contribution in [-0.4, -0.2) is 30.8 Å². The summed E-state index contributed by atoms with van der Waals surface area (Å²) < 4.78 is 5.34. The quantitative estimate of drug-likeness (QED) is 0.758. The fourth-order valence-corrected chi connectivity index (χ4v) is 3.44. The van der Waals surface area contributed by atoms with Crippen LogP contribution in [0, 0.1) is 11.3 Å². The number of hydrogen-bond acceptors (Lipinski definition) is 5. The van der Waals surface area contributed by atoms with Crippen molar-refractivity contribution in [3.05, 3.63) is 52.7 Å². The molecule has 3 rings (SSSR count). The standard InChI is InChI=1S/C20H21N3O2S/c1-25-18-6-4-3-5-14(18)9-10-22-19(24)15-11-17(13-7-8-13)23-20(26-2)16(15)12-21/h3-6,11,13H,7-10H2,1-2H3,(H,22,24). The molecule has 1 aliphatic carbocycles. The molecule has 1 aliphatic rings. The van der Waals surface area contributed by atoms with E-state index in [1.54, 1.807) is 13.2 Å². The predicted molar refractivity (Wildman–Crippen MR) is 102 cm³/mol. The van der Waals surface area contributed by atoms with Crippen molar-refractivity contribution in [2.24, 2.45) is 0 Å². The Labute approximate surface area is 157 Å². The van der Waals surface area contributed by atoms with Gasteiger partial charge in [0.15, 0.2) is 0 Å². The van der Waals surface area contributed by atoms with Gasteiger partial charge in [0.2, 0.25) is 0 Å². The number of nitriles is 1. The van der Waals surface area contributed by atoms with Crippen molar-refractivity contribution in [2.75, 3.05) is 19.9 Å². The minimum atomic E-state index is -0.226. The highest BCUT2D eigenvalue weighted by Crippen LogP contribution is 2.40. The minimum absolute atomic E-state index is 0.226. The first-order valence-corrected chi connectivity index (χ1v) is 9.79. The van der Waals surface area contributed by atoms with E-state index in [1.807, 2.05) is 30.5 Å². The average molecular weight is 367 g/mol. The first-order valence-electron chi connectivity index (χ1n) is 8.57. The normalized spacial score (nSPS) is 13.1. The van der Waals surface area contributed by atoms with Gasteiger partial charge in [-0.1, -0.05) is 18.2 Å². The van der Waals surface area contributed by atoms with Crippen molar-refractivity contribution >= 4 is 17.7 Å². The molecule has 1 amide bonds. The van der Waals surface area contributed by atoms with Crippen LogP contribution < -0.4 is 10.1 Å². The third-order valence-corrected chi connectivity index (χ3v) is 5.11. The summed E-state index contributed by atoms with van der Waals surface area (Å²) in [5, 5.41) is 13.1. The minimum Gasteiger partial charge on any atom is -0.496 e. The number of ether oxygens (including phenoxy) is 1. The van der Waals surface area contributed by atoms with Crippen LogP contribution in [0.15, 0.2) is 35.4 Å². The van der Waals surface area contributed by atoms with Crippen molar-refractivity contribution in [3.8, 4) is 11.8 Å². The van der Waals surface area contributed by atoms with Gasteiger partial charge in [-0.15, -0.1) is 11.8 Å². The number of rotatable bonds is 7. The van der Waals surface area contributed by atoms with Gasteiger partial charge in [-0.2, -0.15) is 5.26 Å². The molecule has 0 saturated heterocycles. The largest absolute Gasteiger partial charge is 0.496 e. The first-order chi connectivity index (χ1) is 12.7. The Hall–Kier alpha value is -2.52. The number of nitrogens with one attached hydrogen (secondary N) is 1. The Kier molecular flexibility index (Phi) is 5.79. The lowest BCUT2D eigenvalue weighted by atomic mass is 10.1. The molecule has 0 aliphatic heterocycles. The Bertz CT molecular complexity index is 857. The number of hydrogen-bond donors (Lipinski definition) is 1. The van der Waals surface area contributed by atoms with Gasteiger partial charge in [0.25, 0.3) is 5.91 Å². The Balaban J connectivity index is 1.75. The second kappa shape index (κ2) is 8.24. The van der Waals surface area contributed by atoms with E-state index in [2.05, 4.69) is 16.4 Å². The number of thioether (sulfide) groups is 1. The van der Waals surface area contributed by atoms with Crippen molar-refractivity contribution in [3.63, 3.8) is 0 Å². The molecule has 1 heterocycles. The van der Waals surface area contributed by atoms with E-state index in [1.165, 1.54) is 11.8 Å². The maximum absolute atomic E-state index is 12.7. The highest BCUT2D eigenvalue weighted by molar-refractivity contribution is 7.98. The maximum Gasteiger partial charge on any atom is 0.252 e. The zero-order valence-corrected chi connectivity index (χ0v) is 15.7. The van der Waals surface area contributed by atoms with E-state index in [9.17, 15) is 10.1 Å². The lowest BCUT2D eigenvalue weighted by Crippen LogP contribution is -2.27. The van der Waals surface area contributed by atoms with Gasteiger partial charge in [-0.3, -0.25) is 4.79 Å². The molecule has 1 saturated carbocycles. The van der Waals surface area contributed by atoms with Gasteiger partial charge in [0, 0.05) is 18.2 Å². The second-order valence-electron chi connectivity index (χ2n) is 6.18. The van der Waals surface area contributed by atoms with Crippen LogP contribution in [0.25, 0.3) is 0 Å². The molecule has 6 heteroatoms. The number of carbonyl (C=O) groups is 1. The third-order valence-electron chi connectivity index (χ3n) is 4.42. The maximum atomic E-state index is 12.7. The van der Waals surface area contributed by atoms with Crippen molar-refractivity contribution in [2.45, 2.75) is 30.2 Å². The molecule has 0 atom stereocenters. The smallest absolute Gasteiger partial charge is 0.252 e. The summed E-state index contributed by atoms with van der Waals surface area (Å²) in [5.74, 6) is 1.01. The lowest BCUT2D eigenvalue weighted by Gasteiger charge is -2.12. The SMILES string of the molecule is COc1ccccc1CCNC(=O)c1cc(C2CC2)nc(SC)c1C#N. The number of methoxy groups -OCH3 is 1. The second-order valence-corrected chi connectivity index (χ2v) is 6.98. The zero-order valence-electron chi connectivity index (χ0n) is 14.9. The summed E-state index contributed by atoms with van der Waals surface area (Å²) in [4.78, 5) is 17.3. The van der Waals surface area contributed by atoms with Gasteiger partial charge in [0.05, 0.1) is 18.2 Å². The monoisotopic (exact) mass is 367 g/mol. The van der Waals surface area contributed by atoms with Gasteiger partial charge in [-0.05, 0) is 43.2 Å². The highest BCUT2D eigenvalue weighted by atomic mass is 32.2. The first kappa shape index (κ1) is 18.3. The molecule has 1 aromatic heterocycles. The van der Waals surface area contributed by atoms with Gasteiger partial charge >= 0.3 is 0 Å². The highest BCUT2D eigenvalue weighted by Gasteiger charge is 2.28. The number of para-hydroxylation sites is 1. The van der Waals surface area contributed by atoms with Crippen LogP contribution in [0.5, 0.6) is 5.75 Å². The fourth-order valence-electron chi connectivity index (χ4n) is 2.88. The Morgan fingerprint density at radius 2 is 2.19 bits per heavy atom. The topological polar surface area (TPSA) is 75.0 Å². The molecule has 0 unspecified atom stereocenters. The van der Waals surface area contributed by atoms with E-state index < -0.39 is 0 Å². The summed E-state index contributed by atoms with van der Waals surface area (Å²) in [6.07, 6.45) is 4.74. The van der Waals surface area contributed by atoms with Crippen molar-refractivity contribution in [1.82, 2.24) is 10.3 Å². The van der Waals surface area contributed by atoms with Gasteiger partial charge < -0.3 is 10.1 Å². The molecule has 1 N–H and O–H groups in total. The molecular formula is C20H21N3O2S. The zero-order chi connectivity index (χ0) is 18.5. The van der Waals surface area contributed by atoms with Crippen molar-refractivity contribution < 1.29 is 9.53 Å². The van der Waals surface area contributed by atoms with E-state index in [0.717, 1.165) is 29.8 Å². The number of aromatic nitrogens is 1. The van der Waals surface area contributed by atoms with E-state index in [0.29, 0.717) is 35.0 Å². The Morgan fingerprint density at radius 3 is 2.85 bits per heavy atom. The Morgan fingerprint density at radius 1 is 1.42 bits per heavy atom. The molecule has 0 bridgehead atoms. The summed E-state index contributed by atoms with van der Waals surface area (Å²) in [7, 11) is 1.64. The molecule has 2 aromatic rings. The molecule has 134 valence electrons. The molecule has 1 aromatic carbocycles. The number of pyridine rings is 1. The number of carbonyl (C=O) groups excluding carboxylic acids is 1. The number of benzene rings is 1. The fraction of sp³-hybridized carbons (Fsp3) is 0.350. The van der Waals surface area contributed by atoms with Gasteiger partial charge in [0.1, 0.15) is 16.8 Å². The molecule has 5 nitrogen and oxygen atoms in total. The summed E-state index contributed by atoms with van der Waals surface area (Å²) in [5.41, 5.74) is 2.74. The molecule has 0 spiro atoms. The van der Waals surface area contributed by atoms with Crippen LogP contribution in [0.3, 0.4) is 0 Å². The molecule has 0 radical (unpaired) electrons. The lowest BCUT2D eigenvalue weighted by molar-refractivity contribution is 0.0953. The van der Waals surface area contributed by atoms with Gasteiger partial charge in [-0.25, -0.2) is 4.98 Å². The van der Waals surface area contributed by atoms with E-state index in [-0.39, 0.29) is 5.91 Å². The molecule has 26 heavy (non-hydrogen) atoms. The summed E-state index contributed by atoms with van der Waals surface area (Å²) in [6.45, 7) is 0.472. The van der Waals surface area contributed by atoms with Crippen LogP contribution in [0.2, 0.25) is 0 Å². The van der Waals surface area contributed by atoms with Crippen LogP contribution in [0.1, 0.15) is 45.9 Å². The summed E-state index contributed by atoms with van der Waals surface area (Å²) >= 11 is 1.41. The van der Waals surface area contributed by atoms with Crippen LogP contribution in [-0.2, 0) is 6.42 Å². The van der Waals surface area contributed by atoms with Crippen LogP contribution >= 0.6 is 11.8 Å². The average Bonchev–Trinajstić information content (AvgIpc) is 3.52.